The zero-order valence-electron chi connectivity index (χ0n) is 11.2. The van der Waals surface area contributed by atoms with Gasteiger partial charge in [-0.15, -0.1) is 0 Å². The van der Waals surface area contributed by atoms with Crippen LogP contribution in [0, 0.1) is 27.9 Å². The van der Waals surface area contributed by atoms with Gasteiger partial charge in [0.15, 0.2) is 6.29 Å². The van der Waals surface area contributed by atoms with E-state index in [-0.39, 0.29) is 11.3 Å². The number of carbonyl (C=O) groups is 1. The van der Waals surface area contributed by atoms with Crippen LogP contribution in [0.1, 0.15) is 36.0 Å². The molecule has 2 aliphatic rings. The normalized spacial score (nSPS) is 27.5. The largest absolute Gasteiger partial charge is 0.493 e. The van der Waals surface area contributed by atoms with E-state index in [1.54, 1.807) is 0 Å². The van der Waals surface area contributed by atoms with Crippen LogP contribution >= 0.6 is 0 Å². The lowest BCUT2D eigenvalue weighted by atomic mass is 9.89. The predicted molar refractivity (Wildman–Crippen MR) is 72.9 cm³/mol. The van der Waals surface area contributed by atoms with Gasteiger partial charge in [-0.3, -0.25) is 14.9 Å². The maximum absolute atomic E-state index is 11.0. The molecule has 1 aromatic rings. The lowest BCUT2D eigenvalue weighted by Gasteiger charge is -2.22. The fourth-order valence-corrected chi connectivity index (χ4v) is 3.65. The molecule has 2 fully saturated rings. The van der Waals surface area contributed by atoms with Crippen LogP contribution in [0.15, 0.2) is 18.2 Å². The molecule has 0 N–H and O–H groups in total. The monoisotopic (exact) mass is 275 g/mol. The molecular weight excluding hydrogens is 258 g/mol. The van der Waals surface area contributed by atoms with E-state index >= 15 is 0 Å². The molecule has 3 atom stereocenters. The number of carbonyl (C=O) groups excluding carboxylic acids is 1. The van der Waals surface area contributed by atoms with Crippen molar-refractivity contribution in [2.24, 2.45) is 17.8 Å². The molecule has 0 aliphatic heterocycles. The summed E-state index contributed by atoms with van der Waals surface area (Å²) < 4.78 is 5.75. The Morgan fingerprint density at radius 2 is 2.20 bits per heavy atom. The fourth-order valence-electron chi connectivity index (χ4n) is 3.65. The lowest BCUT2D eigenvalue weighted by Crippen LogP contribution is -2.18. The maximum Gasteiger partial charge on any atom is 0.270 e. The third-order valence-corrected chi connectivity index (χ3v) is 4.67. The Morgan fingerprint density at radius 3 is 2.80 bits per heavy atom. The molecule has 2 aliphatic carbocycles. The van der Waals surface area contributed by atoms with E-state index in [0.29, 0.717) is 24.6 Å². The third-order valence-electron chi connectivity index (χ3n) is 4.67. The molecular formula is C15H17NO4. The lowest BCUT2D eigenvalue weighted by molar-refractivity contribution is -0.384. The zero-order chi connectivity index (χ0) is 14.1. The minimum Gasteiger partial charge on any atom is -0.493 e. The van der Waals surface area contributed by atoms with Crippen molar-refractivity contribution in [1.82, 2.24) is 0 Å². The summed E-state index contributed by atoms with van der Waals surface area (Å²) in [5, 5.41) is 10.7. The molecule has 1 aromatic carbocycles. The van der Waals surface area contributed by atoms with Gasteiger partial charge in [-0.05, 0) is 43.1 Å². The second kappa shape index (κ2) is 5.23. The highest BCUT2D eigenvalue weighted by molar-refractivity contribution is 5.80. The van der Waals surface area contributed by atoms with Gasteiger partial charge in [-0.2, -0.15) is 0 Å². The van der Waals surface area contributed by atoms with E-state index in [2.05, 4.69) is 0 Å². The summed E-state index contributed by atoms with van der Waals surface area (Å²) in [5.74, 6) is 2.64. The molecule has 2 bridgehead atoms. The Kier molecular flexibility index (Phi) is 3.42. The number of nitro groups is 1. The van der Waals surface area contributed by atoms with Gasteiger partial charge in [0.2, 0.25) is 0 Å². The highest BCUT2D eigenvalue weighted by Crippen LogP contribution is 2.48. The molecule has 0 heterocycles. The average Bonchev–Trinajstić information content (AvgIpc) is 3.07. The highest BCUT2D eigenvalue weighted by Gasteiger charge is 2.39. The predicted octanol–water partition coefficient (Wildman–Crippen LogP) is 3.22. The van der Waals surface area contributed by atoms with Crippen molar-refractivity contribution in [1.29, 1.82) is 0 Å². The van der Waals surface area contributed by atoms with E-state index in [4.69, 9.17) is 4.74 Å². The van der Waals surface area contributed by atoms with Crippen molar-refractivity contribution in [2.45, 2.75) is 25.7 Å². The van der Waals surface area contributed by atoms with Crippen molar-refractivity contribution in [2.75, 3.05) is 6.61 Å². The maximum atomic E-state index is 11.0. The van der Waals surface area contributed by atoms with Gasteiger partial charge in [0.1, 0.15) is 5.75 Å². The number of hydrogen-bond donors (Lipinski definition) is 0. The smallest absolute Gasteiger partial charge is 0.270 e. The summed E-state index contributed by atoms with van der Waals surface area (Å²) in [6.45, 7) is 0.611. The van der Waals surface area contributed by atoms with Gasteiger partial charge >= 0.3 is 0 Å². The van der Waals surface area contributed by atoms with E-state index in [0.717, 1.165) is 11.8 Å². The number of nitro benzene ring substituents is 1. The number of nitrogens with zero attached hydrogens (tertiary/aromatic N) is 1. The Hall–Kier alpha value is -1.91. The quantitative estimate of drug-likeness (QED) is 0.470. The number of rotatable bonds is 5. The Labute approximate surface area is 117 Å². The standard InChI is InChI=1S/C15H17NO4/c17-8-12-7-14(16(18)19)3-4-15(12)20-9-13-6-10-1-2-11(13)5-10/h3-4,7-8,10-11,13H,1-2,5-6,9H2. The molecule has 5 heteroatoms. The highest BCUT2D eigenvalue weighted by atomic mass is 16.6. The van der Waals surface area contributed by atoms with Crippen LogP contribution in [0.3, 0.4) is 0 Å². The van der Waals surface area contributed by atoms with Crippen LogP contribution in [0.25, 0.3) is 0 Å². The van der Waals surface area contributed by atoms with E-state index in [9.17, 15) is 14.9 Å². The second-order valence-corrected chi connectivity index (χ2v) is 5.84. The summed E-state index contributed by atoms with van der Waals surface area (Å²) in [7, 11) is 0. The van der Waals surface area contributed by atoms with Crippen molar-refractivity contribution in [3.8, 4) is 5.75 Å². The van der Waals surface area contributed by atoms with Crippen molar-refractivity contribution in [3.63, 3.8) is 0 Å². The first-order valence-corrected chi connectivity index (χ1v) is 7.04. The molecule has 0 radical (unpaired) electrons. The molecule has 3 rings (SSSR count). The number of aldehydes is 1. The topological polar surface area (TPSA) is 69.4 Å². The third kappa shape index (κ3) is 2.40. The van der Waals surface area contributed by atoms with Crippen molar-refractivity contribution >= 4 is 12.0 Å². The average molecular weight is 275 g/mol. The molecule has 0 saturated heterocycles. The first-order chi connectivity index (χ1) is 9.67. The molecule has 2 saturated carbocycles. The molecule has 0 aromatic heterocycles. The van der Waals surface area contributed by atoms with Gasteiger partial charge in [0, 0.05) is 12.1 Å². The Balaban J connectivity index is 1.68. The first kappa shape index (κ1) is 13.1. The summed E-state index contributed by atoms with van der Waals surface area (Å²) in [6, 6.07) is 4.17. The fraction of sp³-hybridized carbons (Fsp3) is 0.533. The number of hydrogen-bond acceptors (Lipinski definition) is 4. The summed E-state index contributed by atoms with van der Waals surface area (Å²) >= 11 is 0. The number of non-ortho nitro benzene ring substituents is 1. The van der Waals surface area contributed by atoms with Crippen LogP contribution in [-0.4, -0.2) is 17.8 Å². The summed E-state index contributed by atoms with van der Waals surface area (Å²) in [5.41, 5.74) is 0.168. The molecule has 5 nitrogen and oxygen atoms in total. The molecule has 0 spiro atoms. The van der Waals surface area contributed by atoms with Gasteiger partial charge < -0.3 is 4.74 Å². The van der Waals surface area contributed by atoms with Crippen LogP contribution < -0.4 is 4.74 Å². The number of benzene rings is 1. The van der Waals surface area contributed by atoms with Crippen molar-refractivity contribution < 1.29 is 14.5 Å². The zero-order valence-corrected chi connectivity index (χ0v) is 11.2. The molecule has 3 unspecified atom stereocenters. The van der Waals surface area contributed by atoms with Gasteiger partial charge in [-0.25, -0.2) is 0 Å². The molecule has 0 amide bonds. The molecule has 106 valence electrons. The van der Waals surface area contributed by atoms with E-state index in [1.165, 1.54) is 43.9 Å². The van der Waals surface area contributed by atoms with Crippen LogP contribution in [0.5, 0.6) is 5.75 Å². The van der Waals surface area contributed by atoms with Crippen LogP contribution in [0.4, 0.5) is 5.69 Å². The van der Waals surface area contributed by atoms with Gasteiger partial charge in [0.25, 0.3) is 5.69 Å². The summed E-state index contributed by atoms with van der Waals surface area (Å²) in [6.07, 6.45) is 5.78. The van der Waals surface area contributed by atoms with Crippen LogP contribution in [-0.2, 0) is 0 Å². The van der Waals surface area contributed by atoms with Crippen LogP contribution in [0.2, 0.25) is 0 Å². The molecule has 20 heavy (non-hydrogen) atoms. The number of ether oxygens (including phenoxy) is 1. The first-order valence-electron chi connectivity index (χ1n) is 7.04. The summed E-state index contributed by atoms with van der Waals surface area (Å²) in [4.78, 5) is 21.2. The van der Waals surface area contributed by atoms with Gasteiger partial charge in [-0.1, -0.05) is 6.42 Å². The van der Waals surface area contributed by atoms with Crippen molar-refractivity contribution in [3.05, 3.63) is 33.9 Å². The minimum absolute atomic E-state index is 0.0839. The van der Waals surface area contributed by atoms with E-state index < -0.39 is 4.92 Å². The Bertz CT molecular complexity index is 543. The minimum atomic E-state index is -0.507. The van der Waals surface area contributed by atoms with E-state index in [1.807, 2.05) is 0 Å². The second-order valence-electron chi connectivity index (χ2n) is 5.84. The SMILES string of the molecule is O=Cc1cc([N+](=O)[O-])ccc1OCC1CC2CCC1C2. The number of fused-ring (bicyclic) bond motifs is 2. The Morgan fingerprint density at radius 1 is 1.35 bits per heavy atom. The van der Waals surface area contributed by atoms with Gasteiger partial charge in [0.05, 0.1) is 17.1 Å².